The van der Waals surface area contributed by atoms with Crippen LogP contribution >= 0.6 is 0 Å². The van der Waals surface area contributed by atoms with Crippen LogP contribution in [0.4, 0.5) is 9.18 Å². The molecule has 0 saturated carbocycles. The van der Waals surface area contributed by atoms with Crippen LogP contribution in [0.25, 0.3) is 5.69 Å². The second kappa shape index (κ2) is 7.04. The number of amides is 2. The van der Waals surface area contributed by atoms with E-state index in [1.165, 1.54) is 12.1 Å². The molecule has 22 heavy (non-hydrogen) atoms. The predicted molar refractivity (Wildman–Crippen MR) is 80.2 cm³/mol. The number of aryl methyl sites for hydroxylation is 1. The summed E-state index contributed by atoms with van der Waals surface area (Å²) in [7, 11) is 0. The number of carbonyl (C=O) groups is 1. The van der Waals surface area contributed by atoms with E-state index in [1.54, 1.807) is 29.9 Å². The van der Waals surface area contributed by atoms with Crippen molar-refractivity contribution in [3.63, 3.8) is 0 Å². The van der Waals surface area contributed by atoms with Crippen LogP contribution in [0.15, 0.2) is 30.5 Å². The molecule has 2 rings (SSSR count). The summed E-state index contributed by atoms with van der Waals surface area (Å²) in [4.78, 5) is 11.6. The lowest BCUT2D eigenvalue weighted by Crippen LogP contribution is -2.41. The minimum atomic E-state index is -0.351. The van der Waals surface area contributed by atoms with Gasteiger partial charge in [-0.25, -0.2) is 13.9 Å². The molecule has 0 spiro atoms. The highest BCUT2D eigenvalue weighted by Gasteiger charge is 2.09. The van der Waals surface area contributed by atoms with Crippen molar-refractivity contribution in [1.29, 1.82) is 0 Å². The number of hydrogen-bond donors (Lipinski definition) is 3. The van der Waals surface area contributed by atoms with Crippen LogP contribution in [0.5, 0.6) is 0 Å². The summed E-state index contributed by atoms with van der Waals surface area (Å²) >= 11 is 0. The lowest BCUT2D eigenvalue weighted by atomic mass is 10.2. The van der Waals surface area contributed by atoms with E-state index in [0.29, 0.717) is 6.54 Å². The Balaban J connectivity index is 2.01. The summed E-state index contributed by atoms with van der Waals surface area (Å²) in [6, 6.07) is 5.35. The summed E-state index contributed by atoms with van der Waals surface area (Å²) in [5.41, 5.74) is 2.38. The number of urea groups is 1. The molecule has 1 atom stereocenters. The third-order valence-corrected chi connectivity index (χ3v) is 3.18. The van der Waals surface area contributed by atoms with Crippen LogP contribution in [0.2, 0.25) is 0 Å². The maximum absolute atomic E-state index is 12.9. The molecular weight excluding hydrogens is 287 g/mol. The molecule has 118 valence electrons. The zero-order chi connectivity index (χ0) is 16.1. The molecule has 0 aliphatic heterocycles. The van der Waals surface area contributed by atoms with Gasteiger partial charge in [0.1, 0.15) is 5.82 Å². The van der Waals surface area contributed by atoms with Gasteiger partial charge in [0, 0.05) is 18.3 Å². The summed E-state index contributed by atoms with van der Waals surface area (Å²) in [6.07, 6.45) is 1.79. The molecule has 2 amide bonds. The number of halogens is 1. The second-order valence-electron chi connectivity index (χ2n) is 5.07. The van der Waals surface area contributed by atoms with E-state index < -0.39 is 0 Å². The minimum Gasteiger partial charge on any atom is -0.394 e. The maximum Gasteiger partial charge on any atom is 0.315 e. The van der Waals surface area contributed by atoms with Crippen LogP contribution in [0.3, 0.4) is 0 Å². The molecule has 0 unspecified atom stereocenters. The number of nitrogens with one attached hydrogen (secondary N) is 2. The number of aromatic nitrogens is 2. The van der Waals surface area contributed by atoms with Crippen molar-refractivity contribution in [3.8, 4) is 5.69 Å². The van der Waals surface area contributed by atoms with Gasteiger partial charge in [-0.05, 0) is 38.1 Å². The number of carbonyl (C=O) groups excluding carboxylic acids is 1. The molecule has 1 aromatic carbocycles. The van der Waals surface area contributed by atoms with Crippen LogP contribution in [-0.2, 0) is 6.54 Å². The number of aliphatic hydroxyl groups is 1. The zero-order valence-electron chi connectivity index (χ0n) is 12.5. The van der Waals surface area contributed by atoms with Crippen molar-refractivity contribution < 1.29 is 14.3 Å². The molecule has 3 N–H and O–H groups in total. The highest BCUT2D eigenvalue weighted by Crippen LogP contribution is 2.12. The number of aliphatic hydroxyl groups excluding tert-OH is 1. The lowest BCUT2D eigenvalue weighted by Gasteiger charge is -2.11. The van der Waals surface area contributed by atoms with Crippen molar-refractivity contribution in [2.24, 2.45) is 0 Å². The normalized spacial score (nSPS) is 12.0. The highest BCUT2D eigenvalue weighted by atomic mass is 19.1. The average molecular weight is 306 g/mol. The topological polar surface area (TPSA) is 79.2 Å². The fourth-order valence-corrected chi connectivity index (χ4v) is 1.89. The lowest BCUT2D eigenvalue weighted by molar-refractivity contribution is 0.220. The van der Waals surface area contributed by atoms with Gasteiger partial charge in [0.05, 0.1) is 24.0 Å². The molecule has 0 saturated heterocycles. The Bertz CT molecular complexity index is 639. The Hall–Kier alpha value is -2.41. The van der Waals surface area contributed by atoms with Gasteiger partial charge in [0.15, 0.2) is 0 Å². The molecule has 2 aromatic rings. The Labute approximate surface area is 128 Å². The number of nitrogens with zero attached hydrogens (tertiary/aromatic N) is 2. The van der Waals surface area contributed by atoms with Gasteiger partial charge in [0.25, 0.3) is 0 Å². The highest BCUT2D eigenvalue weighted by molar-refractivity contribution is 5.74. The van der Waals surface area contributed by atoms with Gasteiger partial charge in [0.2, 0.25) is 0 Å². The van der Waals surface area contributed by atoms with E-state index in [9.17, 15) is 9.18 Å². The van der Waals surface area contributed by atoms with E-state index >= 15 is 0 Å². The van der Waals surface area contributed by atoms with Crippen LogP contribution in [-0.4, -0.2) is 33.6 Å². The van der Waals surface area contributed by atoms with Crippen molar-refractivity contribution in [3.05, 3.63) is 47.5 Å². The van der Waals surface area contributed by atoms with Crippen LogP contribution < -0.4 is 10.6 Å². The third kappa shape index (κ3) is 4.05. The molecule has 1 heterocycles. The number of rotatable bonds is 5. The molecule has 1 aromatic heterocycles. The first-order valence-electron chi connectivity index (χ1n) is 6.96. The van der Waals surface area contributed by atoms with Gasteiger partial charge < -0.3 is 15.7 Å². The summed E-state index contributed by atoms with van der Waals surface area (Å²) < 4.78 is 14.6. The zero-order valence-corrected chi connectivity index (χ0v) is 12.5. The summed E-state index contributed by atoms with van der Waals surface area (Å²) in [5.74, 6) is -0.302. The molecular formula is C15H19FN4O2. The van der Waals surface area contributed by atoms with Crippen molar-refractivity contribution in [2.75, 3.05) is 6.61 Å². The third-order valence-electron chi connectivity index (χ3n) is 3.18. The van der Waals surface area contributed by atoms with E-state index in [1.807, 2.05) is 6.92 Å². The first-order chi connectivity index (χ1) is 10.5. The number of hydrogen-bond acceptors (Lipinski definition) is 3. The molecule has 0 aliphatic rings. The Kier molecular flexibility index (Phi) is 5.11. The van der Waals surface area contributed by atoms with E-state index in [2.05, 4.69) is 15.7 Å². The average Bonchev–Trinajstić information content (AvgIpc) is 2.87. The Morgan fingerprint density at radius 3 is 2.73 bits per heavy atom. The molecule has 6 nitrogen and oxygen atoms in total. The Morgan fingerprint density at radius 2 is 2.09 bits per heavy atom. The monoisotopic (exact) mass is 306 g/mol. The smallest absolute Gasteiger partial charge is 0.315 e. The maximum atomic E-state index is 12.9. The van der Waals surface area contributed by atoms with Gasteiger partial charge >= 0.3 is 6.03 Å². The van der Waals surface area contributed by atoms with E-state index in [-0.39, 0.29) is 24.5 Å². The fraction of sp³-hybridized carbons (Fsp3) is 0.333. The van der Waals surface area contributed by atoms with Crippen LogP contribution in [0, 0.1) is 12.7 Å². The summed E-state index contributed by atoms with van der Waals surface area (Å²) in [6.45, 7) is 3.74. The van der Waals surface area contributed by atoms with Gasteiger partial charge in [-0.3, -0.25) is 0 Å². The molecule has 7 heteroatoms. The summed E-state index contributed by atoms with van der Waals surface area (Å²) in [5, 5.41) is 18.5. The molecule has 0 bridgehead atoms. The van der Waals surface area contributed by atoms with Gasteiger partial charge in [-0.1, -0.05) is 0 Å². The predicted octanol–water partition coefficient (Wildman–Crippen LogP) is 1.50. The molecule has 0 aliphatic carbocycles. The molecule has 0 fully saturated rings. The Morgan fingerprint density at radius 1 is 1.41 bits per heavy atom. The second-order valence-corrected chi connectivity index (χ2v) is 5.07. The standard InChI is InChI=1S/C15H19FN4O2/c1-10(9-21)18-15(22)17-7-12-8-20(19-11(12)2)14-5-3-13(16)4-6-14/h3-6,8,10,21H,7,9H2,1-2H3,(H2,17,18,22)/t10-/m1/s1. The SMILES string of the molecule is Cc1nn(-c2ccc(F)cc2)cc1CNC(=O)N[C@H](C)CO. The quantitative estimate of drug-likeness (QED) is 0.783. The van der Waals surface area contributed by atoms with Crippen LogP contribution in [0.1, 0.15) is 18.2 Å². The van der Waals surface area contributed by atoms with Crippen molar-refractivity contribution in [2.45, 2.75) is 26.4 Å². The van der Waals surface area contributed by atoms with Gasteiger partial charge in [-0.2, -0.15) is 5.10 Å². The first-order valence-corrected chi connectivity index (χ1v) is 6.96. The van der Waals surface area contributed by atoms with Gasteiger partial charge in [-0.15, -0.1) is 0 Å². The van der Waals surface area contributed by atoms with E-state index in [0.717, 1.165) is 16.9 Å². The van der Waals surface area contributed by atoms with Crippen molar-refractivity contribution >= 4 is 6.03 Å². The van der Waals surface area contributed by atoms with E-state index in [4.69, 9.17) is 5.11 Å². The molecule has 0 radical (unpaired) electrons. The first kappa shape index (κ1) is 16.0. The van der Waals surface area contributed by atoms with Crippen molar-refractivity contribution in [1.82, 2.24) is 20.4 Å². The minimum absolute atomic E-state index is 0.116. The fourth-order valence-electron chi connectivity index (χ4n) is 1.89. The largest absolute Gasteiger partial charge is 0.394 e. The number of benzene rings is 1.